The Labute approximate surface area is 202 Å². The number of hydrogen-bond acceptors (Lipinski definition) is 7. The zero-order valence-electron chi connectivity index (χ0n) is 19.7. The van der Waals surface area contributed by atoms with Crippen molar-refractivity contribution in [3.63, 3.8) is 0 Å². The molecule has 12 nitrogen and oxygen atoms in total. The van der Waals surface area contributed by atoms with Crippen molar-refractivity contribution >= 4 is 41.5 Å². The zero-order chi connectivity index (χ0) is 25.5. The van der Waals surface area contributed by atoms with Crippen molar-refractivity contribution in [1.29, 1.82) is 0 Å². The number of ketones is 1. The molecular weight excluding hydrogens is 458 g/mol. The van der Waals surface area contributed by atoms with Crippen molar-refractivity contribution in [3.8, 4) is 5.75 Å². The van der Waals surface area contributed by atoms with E-state index in [2.05, 4.69) is 10.6 Å². The number of urea groups is 1. The van der Waals surface area contributed by atoms with Gasteiger partial charge in [0.15, 0.2) is 0 Å². The minimum Gasteiger partial charge on any atom is -0.497 e. The minimum atomic E-state index is -1.06. The third kappa shape index (κ3) is 6.34. The number of methoxy groups -OCH3 is 1. The fourth-order valence-electron chi connectivity index (χ4n) is 4.10. The van der Waals surface area contributed by atoms with Crippen LogP contribution in [-0.4, -0.2) is 89.6 Å². The molecule has 1 aromatic rings. The Morgan fingerprint density at radius 2 is 2.00 bits per heavy atom. The van der Waals surface area contributed by atoms with Crippen LogP contribution in [-0.2, 0) is 24.0 Å². The van der Waals surface area contributed by atoms with Gasteiger partial charge in [-0.2, -0.15) is 0 Å². The molecule has 5 amide bonds. The van der Waals surface area contributed by atoms with Crippen molar-refractivity contribution in [2.24, 2.45) is 0 Å². The molecule has 1 aromatic carbocycles. The van der Waals surface area contributed by atoms with E-state index >= 15 is 0 Å². The number of nitrogens with zero attached hydrogens (tertiary/aromatic N) is 3. The van der Waals surface area contributed by atoms with Crippen LogP contribution in [0.1, 0.15) is 32.6 Å². The van der Waals surface area contributed by atoms with Crippen LogP contribution in [0.2, 0.25) is 0 Å². The summed E-state index contributed by atoms with van der Waals surface area (Å²) in [5, 5.41) is 7.49. The molecule has 2 heterocycles. The van der Waals surface area contributed by atoms with E-state index in [-0.39, 0.29) is 50.6 Å². The average Bonchev–Trinajstić information content (AvgIpc) is 2.95. The van der Waals surface area contributed by atoms with E-state index in [4.69, 9.17) is 4.74 Å². The lowest BCUT2D eigenvalue weighted by Crippen LogP contribution is -2.63. The van der Waals surface area contributed by atoms with E-state index in [9.17, 15) is 28.8 Å². The van der Waals surface area contributed by atoms with E-state index in [1.54, 1.807) is 24.3 Å². The van der Waals surface area contributed by atoms with E-state index in [0.717, 1.165) is 5.01 Å². The van der Waals surface area contributed by atoms with Gasteiger partial charge in [0.2, 0.25) is 17.7 Å². The van der Waals surface area contributed by atoms with Crippen molar-refractivity contribution in [3.05, 3.63) is 24.3 Å². The Morgan fingerprint density at radius 3 is 2.69 bits per heavy atom. The van der Waals surface area contributed by atoms with Crippen LogP contribution >= 0.6 is 0 Å². The molecule has 35 heavy (non-hydrogen) atoms. The Balaban J connectivity index is 1.75. The quantitative estimate of drug-likeness (QED) is 0.478. The fraction of sp³-hybridized carbons (Fsp3) is 0.478. The lowest BCUT2D eigenvalue weighted by molar-refractivity contribution is -0.155. The first-order valence-corrected chi connectivity index (χ1v) is 11.3. The second-order valence-corrected chi connectivity index (χ2v) is 8.41. The molecule has 2 aliphatic heterocycles. The first-order valence-electron chi connectivity index (χ1n) is 11.3. The maximum Gasteiger partial charge on any atom is 0.340 e. The zero-order valence-corrected chi connectivity index (χ0v) is 19.7. The van der Waals surface area contributed by atoms with Crippen LogP contribution in [0.3, 0.4) is 0 Å². The highest BCUT2D eigenvalue weighted by molar-refractivity contribution is 5.97. The molecule has 2 atom stereocenters. The number of nitrogens with one attached hydrogen (secondary N) is 2. The summed E-state index contributed by atoms with van der Waals surface area (Å²) in [6, 6.07) is 3.98. The van der Waals surface area contributed by atoms with E-state index in [1.165, 1.54) is 23.9 Å². The largest absolute Gasteiger partial charge is 0.497 e. The summed E-state index contributed by atoms with van der Waals surface area (Å²) in [5.74, 6) is -1.19. The Hall–Kier alpha value is -3.96. The molecule has 0 saturated carbocycles. The van der Waals surface area contributed by atoms with Crippen LogP contribution in [0, 0.1) is 0 Å². The fourth-order valence-corrected chi connectivity index (χ4v) is 4.10. The van der Waals surface area contributed by atoms with Gasteiger partial charge in [-0.05, 0) is 31.9 Å². The summed E-state index contributed by atoms with van der Waals surface area (Å²) in [4.78, 5) is 75.7. The van der Waals surface area contributed by atoms with Crippen LogP contribution in [0.4, 0.5) is 10.5 Å². The number of hydrogen-bond donors (Lipinski definition) is 2. The Bertz CT molecular complexity index is 1010. The lowest BCUT2D eigenvalue weighted by Gasteiger charge is -2.43. The van der Waals surface area contributed by atoms with Crippen LogP contribution in [0.15, 0.2) is 24.3 Å². The molecule has 2 N–H and O–H groups in total. The molecule has 0 aromatic heterocycles. The topological polar surface area (TPSA) is 145 Å². The summed E-state index contributed by atoms with van der Waals surface area (Å²) >= 11 is 0. The van der Waals surface area contributed by atoms with Gasteiger partial charge in [0.1, 0.15) is 30.4 Å². The number of rotatable bonds is 9. The number of aldehydes is 1. The molecule has 3 rings (SSSR count). The van der Waals surface area contributed by atoms with Crippen LogP contribution in [0.5, 0.6) is 5.75 Å². The molecule has 2 aliphatic rings. The van der Waals surface area contributed by atoms with E-state index in [1.807, 2.05) is 0 Å². The van der Waals surface area contributed by atoms with Crippen molar-refractivity contribution in [1.82, 2.24) is 20.2 Å². The number of fused-ring (bicyclic) bond motifs is 1. The van der Waals surface area contributed by atoms with Crippen LogP contribution < -0.4 is 15.4 Å². The minimum absolute atomic E-state index is 0.00579. The molecule has 0 bridgehead atoms. The van der Waals surface area contributed by atoms with Gasteiger partial charge >= 0.3 is 6.03 Å². The number of Topliss-reactive ketones (excluding diaryl/α,β-unsaturated/α-hetero) is 1. The van der Waals surface area contributed by atoms with Gasteiger partial charge in [-0.15, -0.1) is 0 Å². The maximum absolute atomic E-state index is 13.4. The smallest absolute Gasteiger partial charge is 0.340 e. The second-order valence-electron chi connectivity index (χ2n) is 8.41. The number of anilines is 1. The lowest BCUT2D eigenvalue weighted by atomic mass is 10.1. The van der Waals surface area contributed by atoms with Gasteiger partial charge in [-0.1, -0.05) is 6.07 Å². The van der Waals surface area contributed by atoms with Crippen molar-refractivity contribution in [2.45, 2.75) is 44.7 Å². The number of carbonyl (C=O) groups is 6. The van der Waals surface area contributed by atoms with Gasteiger partial charge in [0, 0.05) is 37.7 Å². The molecule has 0 radical (unpaired) electrons. The van der Waals surface area contributed by atoms with Gasteiger partial charge < -0.3 is 25.1 Å². The molecule has 2 unspecified atom stereocenters. The molecule has 0 spiro atoms. The highest BCUT2D eigenvalue weighted by Crippen LogP contribution is 2.24. The summed E-state index contributed by atoms with van der Waals surface area (Å²) in [5.41, 5.74) is 0.481. The number of carbonyl (C=O) groups excluding carboxylic acids is 6. The molecule has 0 aliphatic carbocycles. The highest BCUT2D eigenvalue weighted by atomic mass is 16.5. The van der Waals surface area contributed by atoms with Crippen molar-refractivity contribution < 1.29 is 33.5 Å². The predicted molar refractivity (Wildman–Crippen MR) is 123 cm³/mol. The molecule has 188 valence electrons. The predicted octanol–water partition coefficient (Wildman–Crippen LogP) is 0.330. The summed E-state index contributed by atoms with van der Waals surface area (Å²) in [6.07, 6.45) is 1.02. The Kier molecular flexibility index (Phi) is 8.39. The first kappa shape index (κ1) is 25.7. The molecular formula is C23H29N5O7. The van der Waals surface area contributed by atoms with Gasteiger partial charge in [0.05, 0.1) is 13.2 Å². The van der Waals surface area contributed by atoms with Crippen LogP contribution in [0.25, 0.3) is 0 Å². The van der Waals surface area contributed by atoms with Gasteiger partial charge in [0.25, 0.3) is 0 Å². The van der Waals surface area contributed by atoms with E-state index < -0.39 is 29.9 Å². The number of ether oxygens (including phenoxy) is 1. The number of amides is 5. The van der Waals surface area contributed by atoms with E-state index in [0.29, 0.717) is 24.1 Å². The number of hydrazine groups is 1. The second kappa shape index (κ2) is 11.4. The standard InChI is InChI=1S/C23H29N5O7/c1-15(30)11-17(14-29)25-22(33)19-7-4-9-27-21(32)8-10-26(23(34)28(19)27)13-20(31)24-16-5-3-6-18(12-16)35-2/h3,5-6,12,14,17,19H,4,7-11,13H2,1-2H3,(H,24,31)(H,25,33). The first-order chi connectivity index (χ1) is 16.7. The number of benzene rings is 1. The van der Waals surface area contributed by atoms with Crippen molar-refractivity contribution in [2.75, 3.05) is 32.1 Å². The normalized spacial score (nSPS) is 18.8. The monoisotopic (exact) mass is 487 g/mol. The van der Waals surface area contributed by atoms with Gasteiger partial charge in [-0.3, -0.25) is 19.2 Å². The molecule has 2 saturated heterocycles. The van der Waals surface area contributed by atoms with Gasteiger partial charge in [-0.25, -0.2) is 14.8 Å². The summed E-state index contributed by atoms with van der Waals surface area (Å²) < 4.78 is 5.14. The Morgan fingerprint density at radius 1 is 1.23 bits per heavy atom. The summed E-state index contributed by atoms with van der Waals surface area (Å²) in [7, 11) is 1.50. The summed E-state index contributed by atoms with van der Waals surface area (Å²) in [6.45, 7) is 1.23. The third-order valence-corrected chi connectivity index (χ3v) is 5.74. The maximum atomic E-state index is 13.4. The average molecular weight is 488 g/mol. The SMILES string of the molecule is COc1cccc(NC(=O)CN2CCC(=O)N3CCCC(C(=O)NC(C=O)CC(C)=O)N3C2=O)c1. The third-order valence-electron chi connectivity index (χ3n) is 5.74. The molecule has 12 heteroatoms. The highest BCUT2D eigenvalue weighted by Gasteiger charge is 2.44. The molecule has 2 fully saturated rings.